The van der Waals surface area contributed by atoms with Crippen LogP contribution in [0.4, 0.5) is 10.1 Å². The first-order valence-corrected chi connectivity index (χ1v) is 11.4. The molecule has 1 atom stereocenters. The third kappa shape index (κ3) is 4.61. The van der Waals surface area contributed by atoms with Crippen LogP contribution >= 0.6 is 0 Å². The third-order valence-electron chi connectivity index (χ3n) is 5.26. The lowest BCUT2D eigenvalue weighted by molar-refractivity contribution is 0.0930. The number of nitrogens with one attached hydrogen (secondary N) is 1. The number of anilines is 1. The molecule has 1 aliphatic heterocycles. The van der Waals surface area contributed by atoms with E-state index in [0.29, 0.717) is 18.8 Å². The Bertz CT molecular complexity index is 1000. The largest absolute Gasteiger partial charge is 0.367 e. The van der Waals surface area contributed by atoms with E-state index in [0.717, 1.165) is 18.4 Å². The number of hydrogen-bond donors (Lipinski definition) is 1. The molecular weight excluding hydrogens is 391 g/mol. The Kier molecular flexibility index (Phi) is 6.27. The minimum Gasteiger partial charge on any atom is -0.367 e. The second-order valence-electron chi connectivity index (χ2n) is 7.80. The number of sulfone groups is 1. The maximum atomic E-state index is 14.3. The van der Waals surface area contributed by atoms with Crippen LogP contribution in [0, 0.1) is 12.7 Å². The van der Waals surface area contributed by atoms with E-state index >= 15 is 0 Å². The molecule has 0 aliphatic carbocycles. The number of amides is 1. The zero-order chi connectivity index (χ0) is 21.2. The van der Waals surface area contributed by atoms with Crippen molar-refractivity contribution in [3.63, 3.8) is 0 Å². The smallest absolute Gasteiger partial charge is 0.252 e. The van der Waals surface area contributed by atoms with E-state index in [1.165, 1.54) is 18.2 Å². The zero-order valence-corrected chi connectivity index (χ0v) is 17.8. The summed E-state index contributed by atoms with van der Waals surface area (Å²) in [6.07, 6.45) is 1.57. The zero-order valence-electron chi connectivity index (χ0n) is 17.0. The van der Waals surface area contributed by atoms with Crippen LogP contribution in [0.15, 0.2) is 47.4 Å². The molecule has 1 fully saturated rings. The molecule has 2 aromatic carbocycles. The highest BCUT2D eigenvalue weighted by atomic mass is 32.2. The summed E-state index contributed by atoms with van der Waals surface area (Å²) in [5.41, 5.74) is 1.66. The summed E-state index contributed by atoms with van der Waals surface area (Å²) in [4.78, 5) is 14.9. The van der Waals surface area contributed by atoms with Gasteiger partial charge < -0.3 is 10.2 Å². The molecule has 5 nitrogen and oxygen atoms in total. The highest BCUT2D eigenvalue weighted by Gasteiger charge is 2.28. The number of carbonyl (C=O) groups is 1. The summed E-state index contributed by atoms with van der Waals surface area (Å²) in [6.45, 7) is 6.30. The van der Waals surface area contributed by atoms with E-state index in [1.807, 2.05) is 17.9 Å². The van der Waals surface area contributed by atoms with Gasteiger partial charge in [0, 0.05) is 19.1 Å². The Morgan fingerprint density at radius 2 is 1.93 bits per heavy atom. The summed E-state index contributed by atoms with van der Waals surface area (Å²) in [5.74, 6) is -0.697. The lowest BCUT2D eigenvalue weighted by Crippen LogP contribution is -2.48. The lowest BCUT2D eigenvalue weighted by atomic mass is 10.0. The van der Waals surface area contributed by atoms with Crippen LogP contribution in [0.2, 0.25) is 0 Å². The second-order valence-corrected chi connectivity index (χ2v) is 10.3. The molecule has 1 unspecified atom stereocenters. The molecule has 1 aliphatic rings. The SMILES string of the molecule is Cc1ccc(F)c(N2CCCC(NC(=O)c3ccccc3S(=O)(=O)C(C)C)C2)c1. The fourth-order valence-electron chi connectivity index (χ4n) is 3.60. The first kappa shape index (κ1) is 21.3. The van der Waals surface area contributed by atoms with Gasteiger partial charge in [-0.2, -0.15) is 0 Å². The highest BCUT2D eigenvalue weighted by molar-refractivity contribution is 7.92. The lowest BCUT2D eigenvalue weighted by Gasteiger charge is -2.35. The van der Waals surface area contributed by atoms with Gasteiger partial charge in [0.25, 0.3) is 5.91 Å². The Balaban J connectivity index is 1.79. The maximum Gasteiger partial charge on any atom is 0.252 e. The normalized spacial score (nSPS) is 17.4. The molecule has 156 valence electrons. The van der Waals surface area contributed by atoms with Crippen molar-refractivity contribution in [3.8, 4) is 0 Å². The molecule has 1 saturated heterocycles. The van der Waals surface area contributed by atoms with Crippen molar-refractivity contribution in [2.45, 2.75) is 49.8 Å². The number of nitrogens with zero attached hydrogens (tertiary/aromatic N) is 1. The van der Waals surface area contributed by atoms with E-state index in [2.05, 4.69) is 5.32 Å². The van der Waals surface area contributed by atoms with Crippen molar-refractivity contribution >= 4 is 21.4 Å². The Labute approximate surface area is 171 Å². The molecule has 1 N–H and O–H groups in total. The van der Waals surface area contributed by atoms with Gasteiger partial charge in [-0.05, 0) is 63.4 Å². The molecule has 2 aromatic rings. The molecule has 1 amide bonds. The maximum absolute atomic E-state index is 14.3. The van der Waals surface area contributed by atoms with Crippen LogP contribution in [-0.4, -0.2) is 38.7 Å². The standard InChI is InChI=1S/C22H27FN2O3S/c1-15(2)29(27,28)21-9-5-4-8-18(21)22(26)24-17-7-6-12-25(14-17)20-13-16(3)10-11-19(20)23/h4-5,8-11,13,15,17H,6-7,12,14H2,1-3H3,(H,24,26). The van der Waals surface area contributed by atoms with Crippen molar-refractivity contribution in [1.82, 2.24) is 5.32 Å². The van der Waals surface area contributed by atoms with Gasteiger partial charge in [0.1, 0.15) is 5.82 Å². The van der Waals surface area contributed by atoms with Crippen LogP contribution in [0.25, 0.3) is 0 Å². The van der Waals surface area contributed by atoms with Gasteiger partial charge in [-0.15, -0.1) is 0 Å². The van der Waals surface area contributed by atoms with Crippen molar-refractivity contribution in [2.24, 2.45) is 0 Å². The minimum absolute atomic E-state index is 0.0462. The number of hydrogen-bond acceptors (Lipinski definition) is 4. The number of halogens is 1. The predicted molar refractivity (Wildman–Crippen MR) is 113 cm³/mol. The van der Waals surface area contributed by atoms with E-state index < -0.39 is 21.0 Å². The van der Waals surface area contributed by atoms with Gasteiger partial charge in [0.2, 0.25) is 0 Å². The van der Waals surface area contributed by atoms with E-state index in [9.17, 15) is 17.6 Å². The monoisotopic (exact) mass is 418 g/mol. The van der Waals surface area contributed by atoms with Crippen LogP contribution < -0.4 is 10.2 Å². The molecule has 7 heteroatoms. The quantitative estimate of drug-likeness (QED) is 0.804. The average Bonchev–Trinajstić information content (AvgIpc) is 2.70. The molecule has 0 aromatic heterocycles. The topological polar surface area (TPSA) is 66.5 Å². The van der Waals surface area contributed by atoms with Crippen molar-refractivity contribution < 1.29 is 17.6 Å². The fraction of sp³-hybridized carbons (Fsp3) is 0.409. The molecule has 0 saturated carbocycles. The summed E-state index contributed by atoms with van der Waals surface area (Å²) in [7, 11) is -3.58. The molecule has 0 bridgehead atoms. The number of aryl methyl sites for hydroxylation is 1. The second kappa shape index (κ2) is 8.53. The average molecular weight is 419 g/mol. The van der Waals surface area contributed by atoms with E-state index in [1.54, 1.807) is 32.0 Å². The number of rotatable bonds is 5. The molecular formula is C22H27FN2O3S. The van der Waals surface area contributed by atoms with Crippen LogP contribution in [-0.2, 0) is 9.84 Å². The minimum atomic E-state index is -3.58. The van der Waals surface area contributed by atoms with Crippen molar-refractivity contribution in [2.75, 3.05) is 18.0 Å². The van der Waals surface area contributed by atoms with Crippen molar-refractivity contribution in [1.29, 1.82) is 0 Å². The molecule has 3 rings (SSSR count). The Morgan fingerprint density at radius 3 is 2.66 bits per heavy atom. The van der Waals surface area contributed by atoms with Crippen molar-refractivity contribution in [3.05, 3.63) is 59.4 Å². The summed E-state index contributed by atoms with van der Waals surface area (Å²) < 4.78 is 39.5. The summed E-state index contributed by atoms with van der Waals surface area (Å²) in [5, 5.41) is 2.33. The van der Waals surface area contributed by atoms with Gasteiger partial charge in [0.05, 0.1) is 21.4 Å². The fourth-order valence-corrected chi connectivity index (χ4v) is 4.84. The molecule has 0 radical (unpaired) electrons. The number of benzene rings is 2. The first-order valence-electron chi connectivity index (χ1n) is 9.85. The van der Waals surface area contributed by atoms with Gasteiger partial charge in [-0.25, -0.2) is 12.8 Å². The third-order valence-corrected chi connectivity index (χ3v) is 7.47. The van der Waals surface area contributed by atoms with Gasteiger partial charge in [-0.3, -0.25) is 4.79 Å². The number of carbonyl (C=O) groups excluding carboxylic acids is 1. The highest BCUT2D eigenvalue weighted by Crippen LogP contribution is 2.25. The van der Waals surface area contributed by atoms with Crippen LogP contribution in [0.3, 0.4) is 0 Å². The number of piperidine rings is 1. The Morgan fingerprint density at radius 1 is 1.21 bits per heavy atom. The van der Waals surface area contributed by atoms with Gasteiger partial charge in [0.15, 0.2) is 9.84 Å². The first-order chi connectivity index (χ1) is 13.7. The molecule has 29 heavy (non-hydrogen) atoms. The molecule has 1 heterocycles. The Hall–Kier alpha value is -2.41. The summed E-state index contributed by atoms with van der Waals surface area (Å²) in [6, 6.07) is 11.1. The molecule has 0 spiro atoms. The predicted octanol–water partition coefficient (Wildman–Crippen LogP) is 3.72. The van der Waals surface area contributed by atoms with Gasteiger partial charge >= 0.3 is 0 Å². The van der Waals surface area contributed by atoms with Gasteiger partial charge in [-0.1, -0.05) is 18.2 Å². The summed E-state index contributed by atoms with van der Waals surface area (Å²) >= 11 is 0. The van der Waals surface area contributed by atoms with Crippen LogP contribution in [0.5, 0.6) is 0 Å². The van der Waals surface area contributed by atoms with E-state index in [4.69, 9.17) is 0 Å². The van der Waals surface area contributed by atoms with E-state index in [-0.39, 0.29) is 22.3 Å². The van der Waals surface area contributed by atoms with Crippen LogP contribution in [0.1, 0.15) is 42.6 Å².